The fourth-order valence-electron chi connectivity index (χ4n) is 1.70. The predicted molar refractivity (Wildman–Crippen MR) is 66.1 cm³/mol. The van der Waals surface area contributed by atoms with Crippen LogP contribution in [0.5, 0.6) is 0 Å². The molecule has 2 rings (SSSR count). The van der Waals surface area contributed by atoms with Crippen molar-refractivity contribution in [3.8, 4) is 0 Å². The average Bonchev–Trinajstić information content (AvgIpc) is 2.78. The maximum atomic E-state index is 10.8. The summed E-state index contributed by atoms with van der Waals surface area (Å²) in [5.74, 6) is -0.568. The van der Waals surface area contributed by atoms with E-state index >= 15 is 0 Å². The molecular formula is C13H15N3O2. The van der Waals surface area contributed by atoms with Crippen molar-refractivity contribution in [2.24, 2.45) is 5.92 Å². The largest absolute Gasteiger partial charge is 0.481 e. The quantitative estimate of drug-likeness (QED) is 0.868. The number of rotatable bonds is 5. The Labute approximate surface area is 105 Å². The normalized spacial score (nSPS) is 12.3. The summed E-state index contributed by atoms with van der Waals surface area (Å²) < 4.78 is 1.74. The van der Waals surface area contributed by atoms with Gasteiger partial charge in [0.25, 0.3) is 0 Å². The third kappa shape index (κ3) is 2.94. The Morgan fingerprint density at radius 2 is 2.11 bits per heavy atom. The van der Waals surface area contributed by atoms with Gasteiger partial charge in [0.05, 0.1) is 12.5 Å². The summed E-state index contributed by atoms with van der Waals surface area (Å²) in [6, 6.07) is 9.90. The highest BCUT2D eigenvalue weighted by Crippen LogP contribution is 2.08. The van der Waals surface area contributed by atoms with Gasteiger partial charge in [-0.2, -0.15) is 5.10 Å². The van der Waals surface area contributed by atoms with E-state index in [2.05, 4.69) is 10.1 Å². The minimum atomic E-state index is -0.815. The summed E-state index contributed by atoms with van der Waals surface area (Å²) in [6.45, 7) is 2.28. The van der Waals surface area contributed by atoms with E-state index in [4.69, 9.17) is 5.11 Å². The number of carbonyl (C=O) groups is 1. The first-order valence-electron chi connectivity index (χ1n) is 5.80. The first-order chi connectivity index (χ1) is 8.66. The van der Waals surface area contributed by atoms with Gasteiger partial charge in [-0.15, -0.1) is 0 Å². The molecule has 0 radical (unpaired) electrons. The molecule has 5 heteroatoms. The highest BCUT2D eigenvalue weighted by Gasteiger charge is 2.15. The van der Waals surface area contributed by atoms with E-state index in [0.717, 1.165) is 5.56 Å². The molecule has 18 heavy (non-hydrogen) atoms. The standard InChI is InChI=1S/C13H15N3O2/c1-10(13(17)18)7-12-14-9-15-16(12)8-11-5-3-2-4-6-11/h2-6,9-10H,7-8H2,1H3,(H,17,18). The lowest BCUT2D eigenvalue weighted by atomic mass is 10.1. The number of benzene rings is 1. The molecule has 0 aliphatic rings. The second-order valence-corrected chi connectivity index (χ2v) is 4.26. The topological polar surface area (TPSA) is 68.0 Å². The fraction of sp³-hybridized carbons (Fsp3) is 0.308. The van der Waals surface area contributed by atoms with E-state index < -0.39 is 11.9 Å². The van der Waals surface area contributed by atoms with Crippen LogP contribution in [0, 0.1) is 5.92 Å². The Hall–Kier alpha value is -2.17. The molecular weight excluding hydrogens is 230 g/mol. The number of carboxylic acid groups (broad SMARTS) is 1. The summed E-state index contributed by atoms with van der Waals surface area (Å²) in [5.41, 5.74) is 1.12. The summed E-state index contributed by atoms with van der Waals surface area (Å²) >= 11 is 0. The second kappa shape index (κ2) is 5.44. The van der Waals surface area contributed by atoms with E-state index in [-0.39, 0.29) is 0 Å². The molecule has 0 fully saturated rings. The van der Waals surface area contributed by atoms with Crippen molar-refractivity contribution in [3.05, 3.63) is 48.0 Å². The van der Waals surface area contributed by atoms with Crippen molar-refractivity contribution < 1.29 is 9.90 Å². The first kappa shape index (κ1) is 12.3. The molecule has 94 valence electrons. The van der Waals surface area contributed by atoms with Crippen LogP contribution in [-0.2, 0) is 17.8 Å². The van der Waals surface area contributed by atoms with E-state index in [9.17, 15) is 4.79 Å². The van der Waals surface area contributed by atoms with Crippen LogP contribution in [0.4, 0.5) is 0 Å². The van der Waals surface area contributed by atoms with Crippen molar-refractivity contribution in [2.75, 3.05) is 0 Å². The molecule has 1 unspecified atom stereocenters. The average molecular weight is 245 g/mol. The molecule has 0 saturated carbocycles. The van der Waals surface area contributed by atoms with Crippen LogP contribution in [-0.4, -0.2) is 25.8 Å². The van der Waals surface area contributed by atoms with Crippen molar-refractivity contribution in [2.45, 2.75) is 19.9 Å². The van der Waals surface area contributed by atoms with Crippen LogP contribution in [0.1, 0.15) is 18.3 Å². The van der Waals surface area contributed by atoms with Gasteiger partial charge in [0.15, 0.2) is 0 Å². The molecule has 1 N–H and O–H groups in total. The molecule has 1 atom stereocenters. The molecule has 2 aromatic rings. The molecule has 0 saturated heterocycles. The van der Waals surface area contributed by atoms with Gasteiger partial charge in [-0.3, -0.25) is 4.79 Å². The van der Waals surface area contributed by atoms with Crippen molar-refractivity contribution in [1.82, 2.24) is 14.8 Å². The van der Waals surface area contributed by atoms with Gasteiger partial charge in [0.1, 0.15) is 12.2 Å². The van der Waals surface area contributed by atoms with Gasteiger partial charge in [-0.1, -0.05) is 37.3 Å². The van der Waals surface area contributed by atoms with E-state index in [1.165, 1.54) is 6.33 Å². The number of hydrogen-bond donors (Lipinski definition) is 1. The Morgan fingerprint density at radius 1 is 1.39 bits per heavy atom. The van der Waals surface area contributed by atoms with E-state index in [0.29, 0.717) is 18.8 Å². The van der Waals surface area contributed by atoms with Crippen LogP contribution in [0.2, 0.25) is 0 Å². The highest BCUT2D eigenvalue weighted by atomic mass is 16.4. The van der Waals surface area contributed by atoms with E-state index in [1.54, 1.807) is 11.6 Å². The Kier molecular flexibility index (Phi) is 3.72. The zero-order valence-electron chi connectivity index (χ0n) is 10.2. The monoisotopic (exact) mass is 245 g/mol. The molecule has 0 aliphatic heterocycles. The minimum absolute atomic E-state index is 0.391. The number of carboxylic acids is 1. The molecule has 1 heterocycles. The van der Waals surface area contributed by atoms with Gasteiger partial charge in [-0.25, -0.2) is 9.67 Å². The van der Waals surface area contributed by atoms with Crippen LogP contribution in [0.3, 0.4) is 0 Å². The van der Waals surface area contributed by atoms with Gasteiger partial charge < -0.3 is 5.11 Å². The summed E-state index contributed by atoms with van der Waals surface area (Å²) in [7, 11) is 0. The number of aromatic nitrogens is 3. The van der Waals surface area contributed by atoms with Gasteiger partial charge in [0, 0.05) is 6.42 Å². The van der Waals surface area contributed by atoms with Gasteiger partial charge in [-0.05, 0) is 5.56 Å². The molecule has 1 aromatic heterocycles. The lowest BCUT2D eigenvalue weighted by Gasteiger charge is -2.08. The molecule has 0 bridgehead atoms. The third-order valence-corrected chi connectivity index (χ3v) is 2.78. The Bertz CT molecular complexity index is 522. The SMILES string of the molecule is CC(Cc1ncnn1Cc1ccccc1)C(=O)O. The lowest BCUT2D eigenvalue weighted by Crippen LogP contribution is -2.16. The smallest absolute Gasteiger partial charge is 0.306 e. The van der Waals surface area contributed by atoms with E-state index in [1.807, 2.05) is 30.3 Å². The van der Waals surface area contributed by atoms with Crippen molar-refractivity contribution >= 4 is 5.97 Å². The zero-order chi connectivity index (χ0) is 13.0. The summed E-state index contributed by atoms with van der Waals surface area (Å²) in [6.07, 6.45) is 1.86. The van der Waals surface area contributed by atoms with Crippen LogP contribution in [0.25, 0.3) is 0 Å². The fourth-order valence-corrected chi connectivity index (χ4v) is 1.70. The third-order valence-electron chi connectivity index (χ3n) is 2.78. The van der Waals surface area contributed by atoms with Crippen molar-refractivity contribution in [3.63, 3.8) is 0 Å². The minimum Gasteiger partial charge on any atom is -0.481 e. The second-order valence-electron chi connectivity index (χ2n) is 4.26. The highest BCUT2D eigenvalue weighted by molar-refractivity contribution is 5.69. The summed E-state index contributed by atoms with van der Waals surface area (Å²) in [5, 5.41) is 13.0. The van der Waals surface area contributed by atoms with Gasteiger partial charge >= 0.3 is 5.97 Å². The van der Waals surface area contributed by atoms with Crippen molar-refractivity contribution in [1.29, 1.82) is 0 Å². The van der Waals surface area contributed by atoms with Crippen LogP contribution >= 0.6 is 0 Å². The zero-order valence-corrected chi connectivity index (χ0v) is 10.2. The molecule has 0 amide bonds. The number of aliphatic carboxylic acids is 1. The Balaban J connectivity index is 2.11. The maximum Gasteiger partial charge on any atom is 0.306 e. The molecule has 5 nitrogen and oxygen atoms in total. The molecule has 0 spiro atoms. The Morgan fingerprint density at radius 3 is 2.78 bits per heavy atom. The summed E-state index contributed by atoms with van der Waals surface area (Å²) in [4.78, 5) is 15.0. The molecule has 0 aliphatic carbocycles. The van der Waals surface area contributed by atoms with Crippen LogP contribution < -0.4 is 0 Å². The number of hydrogen-bond acceptors (Lipinski definition) is 3. The number of nitrogens with zero attached hydrogens (tertiary/aromatic N) is 3. The first-order valence-corrected chi connectivity index (χ1v) is 5.80. The van der Waals surface area contributed by atoms with Gasteiger partial charge in [0.2, 0.25) is 0 Å². The molecule has 1 aromatic carbocycles. The maximum absolute atomic E-state index is 10.8. The lowest BCUT2D eigenvalue weighted by molar-refractivity contribution is -0.141. The predicted octanol–water partition coefficient (Wildman–Crippen LogP) is 1.59. The van der Waals surface area contributed by atoms with Crippen LogP contribution in [0.15, 0.2) is 36.7 Å².